The quantitative estimate of drug-likeness (QED) is 0.850. The maximum atomic E-state index is 11.5. The molecular formula is C13H13BrN4OS. The molecular weight excluding hydrogens is 340 g/mol. The zero-order chi connectivity index (χ0) is 14.1. The molecule has 0 spiro atoms. The largest absolute Gasteiger partial charge is 0.327 e. The smallest absolute Gasteiger partial charge is 0.233 e. The third kappa shape index (κ3) is 2.73. The van der Waals surface area contributed by atoms with Crippen molar-refractivity contribution in [1.82, 2.24) is 19.9 Å². The van der Waals surface area contributed by atoms with E-state index in [-0.39, 0.29) is 11.3 Å². The van der Waals surface area contributed by atoms with Crippen LogP contribution >= 0.6 is 27.7 Å². The molecule has 20 heavy (non-hydrogen) atoms. The van der Waals surface area contributed by atoms with Gasteiger partial charge >= 0.3 is 0 Å². The third-order valence-electron chi connectivity index (χ3n) is 3.15. The number of benzene rings is 1. The molecule has 1 aliphatic heterocycles. The van der Waals surface area contributed by atoms with Crippen molar-refractivity contribution in [3.05, 3.63) is 46.2 Å². The predicted molar refractivity (Wildman–Crippen MR) is 81.2 cm³/mol. The van der Waals surface area contributed by atoms with Crippen LogP contribution in [-0.4, -0.2) is 38.6 Å². The monoisotopic (exact) mass is 352 g/mol. The van der Waals surface area contributed by atoms with Gasteiger partial charge in [-0.05, 0) is 17.7 Å². The molecule has 3 rings (SSSR count). The van der Waals surface area contributed by atoms with E-state index in [1.807, 2.05) is 24.4 Å². The van der Waals surface area contributed by atoms with E-state index in [0.29, 0.717) is 12.3 Å². The zero-order valence-electron chi connectivity index (χ0n) is 10.9. The molecule has 0 aliphatic carbocycles. The number of aromatic nitrogens is 3. The Morgan fingerprint density at radius 2 is 2.35 bits per heavy atom. The van der Waals surface area contributed by atoms with Crippen molar-refractivity contribution in [2.24, 2.45) is 0 Å². The van der Waals surface area contributed by atoms with Crippen LogP contribution in [-0.2, 0) is 11.3 Å². The molecule has 1 aromatic carbocycles. The van der Waals surface area contributed by atoms with Crippen molar-refractivity contribution in [3.8, 4) is 0 Å². The normalized spacial score (nSPS) is 18.8. The highest BCUT2D eigenvalue weighted by atomic mass is 79.9. The van der Waals surface area contributed by atoms with Crippen LogP contribution in [0.25, 0.3) is 0 Å². The second kappa shape index (κ2) is 5.57. The van der Waals surface area contributed by atoms with E-state index >= 15 is 0 Å². The lowest BCUT2D eigenvalue weighted by Gasteiger charge is -2.15. The molecule has 2 aromatic rings. The fourth-order valence-corrected chi connectivity index (χ4v) is 3.68. The molecule has 0 N–H and O–H groups in total. The summed E-state index contributed by atoms with van der Waals surface area (Å²) < 4.78 is 2.85. The van der Waals surface area contributed by atoms with Gasteiger partial charge in [0.05, 0.1) is 18.5 Å². The van der Waals surface area contributed by atoms with Gasteiger partial charge in [0.25, 0.3) is 0 Å². The summed E-state index contributed by atoms with van der Waals surface area (Å²) in [6, 6.07) is 8.09. The van der Waals surface area contributed by atoms with Gasteiger partial charge in [-0.25, -0.2) is 4.68 Å². The number of hydrogen-bond acceptors (Lipinski definition) is 4. The first-order valence-electron chi connectivity index (χ1n) is 6.15. The molecule has 0 bridgehead atoms. The van der Waals surface area contributed by atoms with Crippen LogP contribution < -0.4 is 0 Å². The summed E-state index contributed by atoms with van der Waals surface area (Å²) in [5.41, 5.74) is 1.98. The molecule has 1 unspecified atom stereocenters. The summed E-state index contributed by atoms with van der Waals surface area (Å²) in [6.45, 7) is 0.668. The van der Waals surface area contributed by atoms with Crippen molar-refractivity contribution >= 4 is 33.6 Å². The number of nitrogens with zero attached hydrogens (tertiary/aromatic N) is 4. The van der Waals surface area contributed by atoms with Gasteiger partial charge in [-0.1, -0.05) is 33.3 Å². The lowest BCUT2D eigenvalue weighted by molar-refractivity contribution is -0.126. The molecule has 1 aliphatic rings. The number of rotatable bonds is 3. The van der Waals surface area contributed by atoms with E-state index in [1.54, 1.807) is 28.4 Å². The standard InChI is InChI=1S/C13H13BrN4OS/c1-17-12(19)8-20-13(17)11-7-18(16-15-11)6-9-3-2-4-10(14)5-9/h2-5,7,13H,6,8H2,1H3. The van der Waals surface area contributed by atoms with Gasteiger partial charge in [0, 0.05) is 11.5 Å². The van der Waals surface area contributed by atoms with Crippen LogP contribution in [0, 0.1) is 0 Å². The average molecular weight is 353 g/mol. The van der Waals surface area contributed by atoms with Crippen LogP contribution in [0.15, 0.2) is 34.9 Å². The van der Waals surface area contributed by atoms with Crippen LogP contribution in [0.5, 0.6) is 0 Å². The van der Waals surface area contributed by atoms with Crippen LogP contribution in [0.2, 0.25) is 0 Å². The van der Waals surface area contributed by atoms with Gasteiger partial charge < -0.3 is 4.90 Å². The van der Waals surface area contributed by atoms with Crippen LogP contribution in [0.1, 0.15) is 16.6 Å². The van der Waals surface area contributed by atoms with Crippen molar-refractivity contribution in [1.29, 1.82) is 0 Å². The second-order valence-corrected chi connectivity index (χ2v) is 6.62. The van der Waals surface area contributed by atoms with Gasteiger partial charge in [-0.15, -0.1) is 16.9 Å². The number of carbonyl (C=O) groups is 1. The molecule has 1 aromatic heterocycles. The van der Waals surface area contributed by atoms with Crippen LogP contribution in [0.4, 0.5) is 0 Å². The lowest BCUT2D eigenvalue weighted by atomic mass is 10.2. The summed E-state index contributed by atoms with van der Waals surface area (Å²) in [4.78, 5) is 13.3. The fraction of sp³-hybridized carbons (Fsp3) is 0.308. The molecule has 0 radical (unpaired) electrons. The number of halogens is 1. The summed E-state index contributed by atoms with van der Waals surface area (Å²) in [5, 5.41) is 8.32. The number of thioether (sulfide) groups is 1. The van der Waals surface area contributed by atoms with Crippen molar-refractivity contribution < 1.29 is 4.79 Å². The molecule has 7 heteroatoms. The minimum absolute atomic E-state index is 0.0150. The van der Waals surface area contributed by atoms with E-state index in [1.165, 1.54) is 0 Å². The Balaban J connectivity index is 1.76. The first-order valence-corrected chi connectivity index (χ1v) is 7.99. The molecule has 0 saturated carbocycles. The molecule has 104 valence electrons. The molecule has 1 saturated heterocycles. The molecule has 2 heterocycles. The van der Waals surface area contributed by atoms with Gasteiger partial charge in [0.15, 0.2) is 0 Å². The highest BCUT2D eigenvalue weighted by molar-refractivity contribution is 9.10. The zero-order valence-corrected chi connectivity index (χ0v) is 13.3. The third-order valence-corrected chi connectivity index (χ3v) is 4.93. The first kappa shape index (κ1) is 13.6. The summed E-state index contributed by atoms with van der Waals surface area (Å²) in [7, 11) is 1.81. The van der Waals surface area contributed by atoms with E-state index < -0.39 is 0 Å². The summed E-state index contributed by atoms with van der Waals surface area (Å²) in [6.07, 6.45) is 1.91. The summed E-state index contributed by atoms with van der Waals surface area (Å²) in [5.74, 6) is 0.654. The van der Waals surface area contributed by atoms with Crippen molar-refractivity contribution in [3.63, 3.8) is 0 Å². The van der Waals surface area contributed by atoms with Gasteiger partial charge in [0.1, 0.15) is 11.1 Å². The van der Waals surface area contributed by atoms with Crippen molar-refractivity contribution in [2.75, 3.05) is 12.8 Å². The number of carbonyl (C=O) groups excluding carboxylic acids is 1. The van der Waals surface area contributed by atoms with Gasteiger partial charge in [-0.2, -0.15) is 0 Å². The maximum Gasteiger partial charge on any atom is 0.233 e. The lowest BCUT2D eigenvalue weighted by Crippen LogP contribution is -2.23. The highest BCUT2D eigenvalue weighted by Gasteiger charge is 2.31. The molecule has 5 nitrogen and oxygen atoms in total. The Morgan fingerprint density at radius 3 is 3.05 bits per heavy atom. The fourth-order valence-electron chi connectivity index (χ4n) is 2.10. The Bertz CT molecular complexity index is 645. The predicted octanol–water partition coefficient (Wildman–Crippen LogP) is 2.29. The SMILES string of the molecule is CN1C(=O)CSC1c1cn(Cc2cccc(Br)c2)nn1. The van der Waals surface area contributed by atoms with Crippen molar-refractivity contribution in [2.45, 2.75) is 11.9 Å². The van der Waals surface area contributed by atoms with E-state index in [4.69, 9.17) is 0 Å². The number of amides is 1. The van der Waals surface area contributed by atoms with Crippen LogP contribution in [0.3, 0.4) is 0 Å². The number of hydrogen-bond donors (Lipinski definition) is 0. The molecule has 1 atom stereocenters. The minimum Gasteiger partial charge on any atom is -0.327 e. The topological polar surface area (TPSA) is 51.0 Å². The Labute approximate surface area is 129 Å². The minimum atomic E-state index is -0.0150. The average Bonchev–Trinajstić information content (AvgIpc) is 2.98. The highest BCUT2D eigenvalue weighted by Crippen LogP contribution is 2.35. The van der Waals surface area contributed by atoms with E-state index in [0.717, 1.165) is 15.7 Å². The van der Waals surface area contributed by atoms with Gasteiger partial charge in [0.2, 0.25) is 5.91 Å². The molecule has 1 fully saturated rings. The Kier molecular flexibility index (Phi) is 3.80. The van der Waals surface area contributed by atoms with E-state index in [2.05, 4.69) is 32.3 Å². The second-order valence-electron chi connectivity index (χ2n) is 4.64. The first-order chi connectivity index (χ1) is 9.63. The van der Waals surface area contributed by atoms with E-state index in [9.17, 15) is 4.79 Å². The molecule has 1 amide bonds. The van der Waals surface area contributed by atoms with Gasteiger partial charge in [-0.3, -0.25) is 4.79 Å². The summed E-state index contributed by atoms with van der Waals surface area (Å²) >= 11 is 5.04. The Morgan fingerprint density at radius 1 is 1.50 bits per heavy atom. The Hall–Kier alpha value is -1.34. The maximum absolute atomic E-state index is 11.5.